The molecule has 152 valence electrons. The highest BCUT2D eigenvalue weighted by Crippen LogP contribution is 2.29. The van der Waals surface area contributed by atoms with Crippen LogP contribution in [0.2, 0.25) is 0 Å². The van der Waals surface area contributed by atoms with Crippen LogP contribution in [0.1, 0.15) is 21.5 Å². The standard InChI is InChI=1S/C20H17F3N2O4/c1-24-19(28)14-6-8-16(9-7-14)25-17(26)12-29-18(27)10-5-13-3-2-4-15(11-13)20(21,22)23/h2-11H,12H2,1H3,(H,24,28)(H,25,26)/b10-5+. The molecule has 2 rings (SSSR count). The Morgan fingerprint density at radius 1 is 1.07 bits per heavy atom. The summed E-state index contributed by atoms with van der Waals surface area (Å²) in [6.07, 6.45) is -2.39. The summed E-state index contributed by atoms with van der Waals surface area (Å²) in [6, 6.07) is 10.5. The van der Waals surface area contributed by atoms with Gasteiger partial charge in [0.15, 0.2) is 6.61 Å². The van der Waals surface area contributed by atoms with Crippen molar-refractivity contribution in [2.45, 2.75) is 6.18 Å². The highest BCUT2D eigenvalue weighted by molar-refractivity contribution is 5.96. The first kappa shape index (κ1) is 21.7. The van der Waals surface area contributed by atoms with Crippen molar-refractivity contribution in [3.05, 3.63) is 71.3 Å². The lowest BCUT2D eigenvalue weighted by Gasteiger charge is -2.07. The number of alkyl halides is 3. The summed E-state index contributed by atoms with van der Waals surface area (Å²) < 4.78 is 42.7. The van der Waals surface area contributed by atoms with E-state index in [1.165, 1.54) is 43.4 Å². The normalized spacial score (nSPS) is 11.2. The van der Waals surface area contributed by atoms with Gasteiger partial charge in [0, 0.05) is 24.4 Å². The van der Waals surface area contributed by atoms with Gasteiger partial charge in [-0.2, -0.15) is 13.2 Å². The van der Waals surface area contributed by atoms with Crippen LogP contribution in [0.25, 0.3) is 6.08 Å². The molecule has 2 aromatic carbocycles. The topological polar surface area (TPSA) is 84.5 Å². The van der Waals surface area contributed by atoms with Crippen LogP contribution in [0, 0.1) is 0 Å². The number of hydrogen-bond acceptors (Lipinski definition) is 4. The number of ether oxygens (including phenoxy) is 1. The van der Waals surface area contributed by atoms with Gasteiger partial charge in [0.25, 0.3) is 11.8 Å². The number of amides is 2. The second kappa shape index (κ2) is 9.54. The van der Waals surface area contributed by atoms with Gasteiger partial charge in [-0.3, -0.25) is 9.59 Å². The minimum absolute atomic E-state index is 0.164. The molecule has 6 nitrogen and oxygen atoms in total. The molecule has 2 amide bonds. The van der Waals surface area contributed by atoms with E-state index in [0.29, 0.717) is 11.3 Å². The van der Waals surface area contributed by atoms with E-state index in [2.05, 4.69) is 10.6 Å². The van der Waals surface area contributed by atoms with Crippen molar-refractivity contribution < 1.29 is 32.3 Å². The predicted molar refractivity (Wildman–Crippen MR) is 99.9 cm³/mol. The zero-order chi connectivity index (χ0) is 21.4. The number of nitrogens with one attached hydrogen (secondary N) is 2. The second-order valence-corrected chi connectivity index (χ2v) is 5.77. The Labute approximate surface area is 164 Å². The van der Waals surface area contributed by atoms with Crippen molar-refractivity contribution in [1.82, 2.24) is 5.32 Å². The highest BCUT2D eigenvalue weighted by atomic mass is 19.4. The molecular weight excluding hydrogens is 389 g/mol. The number of halogens is 3. The molecule has 0 spiro atoms. The van der Waals surface area contributed by atoms with Crippen molar-refractivity contribution in [3.8, 4) is 0 Å². The summed E-state index contributed by atoms with van der Waals surface area (Å²) in [5.74, 6) is -1.77. The minimum atomic E-state index is -4.49. The van der Waals surface area contributed by atoms with Gasteiger partial charge in [-0.05, 0) is 48.0 Å². The fourth-order valence-corrected chi connectivity index (χ4v) is 2.21. The summed E-state index contributed by atoms with van der Waals surface area (Å²) in [6.45, 7) is -0.580. The van der Waals surface area contributed by atoms with Gasteiger partial charge in [-0.15, -0.1) is 0 Å². The summed E-state index contributed by atoms with van der Waals surface area (Å²) in [7, 11) is 1.49. The molecule has 2 N–H and O–H groups in total. The fourth-order valence-electron chi connectivity index (χ4n) is 2.21. The minimum Gasteiger partial charge on any atom is -0.452 e. The molecule has 29 heavy (non-hydrogen) atoms. The van der Waals surface area contributed by atoms with Crippen LogP contribution in [0.4, 0.5) is 18.9 Å². The number of carbonyl (C=O) groups excluding carboxylic acids is 3. The smallest absolute Gasteiger partial charge is 0.416 e. The summed E-state index contributed by atoms with van der Waals surface area (Å²) >= 11 is 0. The Morgan fingerprint density at radius 3 is 2.38 bits per heavy atom. The maximum absolute atomic E-state index is 12.7. The fraction of sp³-hybridized carbons (Fsp3) is 0.150. The first-order chi connectivity index (χ1) is 13.7. The third-order valence-electron chi connectivity index (χ3n) is 3.63. The molecule has 0 aliphatic carbocycles. The Morgan fingerprint density at radius 2 is 1.76 bits per heavy atom. The molecule has 0 aliphatic rings. The van der Waals surface area contributed by atoms with Crippen molar-refractivity contribution in [3.63, 3.8) is 0 Å². The lowest BCUT2D eigenvalue weighted by molar-refractivity contribution is -0.142. The van der Waals surface area contributed by atoms with Gasteiger partial charge in [-0.1, -0.05) is 12.1 Å². The SMILES string of the molecule is CNC(=O)c1ccc(NC(=O)COC(=O)/C=C/c2cccc(C(F)(F)F)c2)cc1. The van der Waals surface area contributed by atoms with E-state index in [1.54, 1.807) is 0 Å². The van der Waals surface area contributed by atoms with E-state index in [1.807, 2.05) is 0 Å². The molecule has 0 heterocycles. The quantitative estimate of drug-likeness (QED) is 0.570. The van der Waals surface area contributed by atoms with Crippen LogP contribution in [0.15, 0.2) is 54.6 Å². The molecule has 0 aliphatic heterocycles. The maximum Gasteiger partial charge on any atom is 0.416 e. The van der Waals surface area contributed by atoms with Gasteiger partial charge < -0.3 is 15.4 Å². The Balaban J connectivity index is 1.85. The van der Waals surface area contributed by atoms with Crippen molar-refractivity contribution in [2.75, 3.05) is 19.0 Å². The van der Waals surface area contributed by atoms with E-state index < -0.39 is 30.2 Å². The molecule has 0 radical (unpaired) electrons. The van der Waals surface area contributed by atoms with Crippen LogP contribution >= 0.6 is 0 Å². The largest absolute Gasteiger partial charge is 0.452 e. The first-order valence-electron chi connectivity index (χ1n) is 8.33. The number of carbonyl (C=O) groups is 3. The zero-order valence-corrected chi connectivity index (χ0v) is 15.2. The first-order valence-corrected chi connectivity index (χ1v) is 8.33. The van der Waals surface area contributed by atoms with Crippen LogP contribution in [0.3, 0.4) is 0 Å². The molecule has 0 saturated carbocycles. The van der Waals surface area contributed by atoms with Crippen LogP contribution < -0.4 is 10.6 Å². The third kappa shape index (κ3) is 6.80. The molecule has 0 fully saturated rings. The molecule has 0 bridgehead atoms. The Kier molecular flexibility index (Phi) is 7.13. The lowest BCUT2D eigenvalue weighted by atomic mass is 10.1. The van der Waals surface area contributed by atoms with Crippen LogP contribution in [0.5, 0.6) is 0 Å². The molecule has 9 heteroatoms. The van der Waals surface area contributed by atoms with Crippen molar-refractivity contribution >= 4 is 29.5 Å². The predicted octanol–water partition coefficient (Wildman–Crippen LogP) is 3.26. The average molecular weight is 406 g/mol. The molecule has 0 aromatic heterocycles. The number of esters is 1. The van der Waals surface area contributed by atoms with Crippen LogP contribution in [-0.4, -0.2) is 31.4 Å². The van der Waals surface area contributed by atoms with Gasteiger partial charge >= 0.3 is 12.1 Å². The zero-order valence-electron chi connectivity index (χ0n) is 15.2. The molecule has 0 unspecified atom stereocenters. The summed E-state index contributed by atoms with van der Waals surface area (Å²) in [5, 5.41) is 4.94. The summed E-state index contributed by atoms with van der Waals surface area (Å²) in [4.78, 5) is 34.9. The monoisotopic (exact) mass is 406 g/mol. The number of hydrogen-bond donors (Lipinski definition) is 2. The van der Waals surface area contributed by atoms with E-state index in [-0.39, 0.29) is 11.5 Å². The maximum atomic E-state index is 12.7. The van der Waals surface area contributed by atoms with E-state index in [9.17, 15) is 27.6 Å². The highest BCUT2D eigenvalue weighted by Gasteiger charge is 2.30. The van der Waals surface area contributed by atoms with Gasteiger partial charge in [0.05, 0.1) is 5.56 Å². The number of benzene rings is 2. The molecule has 0 atom stereocenters. The van der Waals surface area contributed by atoms with Crippen molar-refractivity contribution in [1.29, 1.82) is 0 Å². The number of anilines is 1. The lowest BCUT2D eigenvalue weighted by Crippen LogP contribution is -2.20. The van der Waals surface area contributed by atoms with E-state index in [0.717, 1.165) is 24.3 Å². The Bertz CT molecular complexity index is 922. The van der Waals surface area contributed by atoms with Gasteiger partial charge in [0.1, 0.15) is 0 Å². The molecule has 2 aromatic rings. The van der Waals surface area contributed by atoms with E-state index >= 15 is 0 Å². The second-order valence-electron chi connectivity index (χ2n) is 5.77. The Hall–Kier alpha value is -3.62. The third-order valence-corrected chi connectivity index (χ3v) is 3.63. The summed E-state index contributed by atoms with van der Waals surface area (Å²) in [5.41, 5.74) is 0.141. The van der Waals surface area contributed by atoms with Crippen molar-refractivity contribution in [2.24, 2.45) is 0 Å². The average Bonchev–Trinajstić information content (AvgIpc) is 2.70. The van der Waals surface area contributed by atoms with Gasteiger partial charge in [0.2, 0.25) is 0 Å². The molecule has 0 saturated heterocycles. The van der Waals surface area contributed by atoms with Gasteiger partial charge in [-0.25, -0.2) is 4.79 Å². The molecular formula is C20H17F3N2O4. The van der Waals surface area contributed by atoms with Crippen LogP contribution in [-0.2, 0) is 20.5 Å². The van der Waals surface area contributed by atoms with E-state index in [4.69, 9.17) is 4.74 Å². The number of rotatable bonds is 6.